The third-order valence-electron chi connectivity index (χ3n) is 7.12. The van der Waals surface area contributed by atoms with Crippen LogP contribution in [-0.2, 0) is 4.79 Å². The van der Waals surface area contributed by atoms with Crippen LogP contribution < -0.4 is 0 Å². The van der Waals surface area contributed by atoms with E-state index in [1.165, 1.54) is 12.1 Å². The van der Waals surface area contributed by atoms with Gasteiger partial charge in [0.15, 0.2) is 0 Å². The number of hydrogen-bond acceptors (Lipinski definition) is 1. The minimum Gasteiger partial charge on any atom is -0.341 e. The summed E-state index contributed by atoms with van der Waals surface area (Å²) in [6, 6.07) is 6.74. The van der Waals surface area contributed by atoms with Crippen LogP contribution in [0.25, 0.3) is 0 Å². The van der Waals surface area contributed by atoms with E-state index in [-0.39, 0.29) is 16.6 Å². The first kappa shape index (κ1) is 15.9. The zero-order chi connectivity index (χ0) is 17.1. The van der Waals surface area contributed by atoms with Crippen molar-refractivity contribution >= 4 is 5.91 Å². The second kappa shape index (κ2) is 5.18. The first-order valence-corrected chi connectivity index (χ1v) is 9.09. The van der Waals surface area contributed by atoms with Gasteiger partial charge in [0, 0.05) is 19.0 Å². The van der Waals surface area contributed by atoms with Gasteiger partial charge in [0.05, 0.1) is 5.41 Å². The maximum atomic E-state index is 13.4. The van der Waals surface area contributed by atoms with Gasteiger partial charge in [0.1, 0.15) is 5.82 Å². The second-order valence-electron chi connectivity index (χ2n) is 8.51. The molecule has 0 spiro atoms. The third-order valence-corrected chi connectivity index (χ3v) is 7.12. The average Bonchev–Trinajstić information content (AvgIpc) is 3.25. The molecule has 3 atom stereocenters. The summed E-state index contributed by atoms with van der Waals surface area (Å²) in [5, 5.41) is 0. The van der Waals surface area contributed by atoms with Crippen LogP contribution in [-0.4, -0.2) is 23.9 Å². The largest absolute Gasteiger partial charge is 0.341 e. The van der Waals surface area contributed by atoms with Gasteiger partial charge in [-0.1, -0.05) is 38.1 Å². The number of amides is 1. The molecule has 1 amide bonds. The fourth-order valence-electron chi connectivity index (χ4n) is 5.38. The lowest BCUT2D eigenvalue weighted by Crippen LogP contribution is -2.43. The van der Waals surface area contributed by atoms with Crippen LogP contribution in [0.15, 0.2) is 36.4 Å². The molecule has 1 aliphatic heterocycles. The summed E-state index contributed by atoms with van der Waals surface area (Å²) in [6.45, 7) is 10.4. The van der Waals surface area contributed by atoms with Gasteiger partial charge < -0.3 is 4.90 Å². The van der Waals surface area contributed by atoms with Crippen molar-refractivity contribution < 1.29 is 9.18 Å². The smallest absolute Gasteiger partial charge is 0.232 e. The molecule has 0 radical (unpaired) electrons. The maximum Gasteiger partial charge on any atom is 0.232 e. The van der Waals surface area contributed by atoms with Crippen LogP contribution in [0.2, 0.25) is 0 Å². The molecule has 0 aromatic heterocycles. The highest BCUT2D eigenvalue weighted by molar-refractivity contribution is 5.88. The van der Waals surface area contributed by atoms with E-state index in [1.807, 2.05) is 17.0 Å². The Kier molecular flexibility index (Phi) is 3.42. The van der Waals surface area contributed by atoms with Crippen LogP contribution in [0.1, 0.15) is 51.0 Å². The molecule has 4 rings (SSSR count). The van der Waals surface area contributed by atoms with E-state index < -0.39 is 0 Å². The molecular weight excluding hydrogens is 301 g/mol. The van der Waals surface area contributed by atoms with E-state index in [2.05, 4.69) is 20.4 Å². The Morgan fingerprint density at radius 3 is 2.58 bits per heavy atom. The van der Waals surface area contributed by atoms with Gasteiger partial charge in [-0.15, -0.1) is 0 Å². The molecule has 0 unspecified atom stereocenters. The Morgan fingerprint density at radius 2 is 1.96 bits per heavy atom. The number of hydrogen-bond donors (Lipinski definition) is 0. The first-order valence-electron chi connectivity index (χ1n) is 9.09. The van der Waals surface area contributed by atoms with Crippen molar-refractivity contribution in [2.24, 2.45) is 16.7 Å². The number of halogens is 1. The Balaban J connectivity index is 1.52. The Bertz CT molecular complexity index is 692. The average molecular weight is 327 g/mol. The zero-order valence-corrected chi connectivity index (χ0v) is 14.6. The number of nitrogens with zero attached hydrogens (tertiary/aromatic N) is 1. The third kappa shape index (κ3) is 2.09. The van der Waals surface area contributed by atoms with Gasteiger partial charge in [0.2, 0.25) is 5.91 Å². The van der Waals surface area contributed by atoms with Crippen molar-refractivity contribution in [1.29, 1.82) is 0 Å². The summed E-state index contributed by atoms with van der Waals surface area (Å²) >= 11 is 0. The van der Waals surface area contributed by atoms with Gasteiger partial charge in [-0.05, 0) is 54.7 Å². The molecule has 24 heavy (non-hydrogen) atoms. The standard InChI is InChI=1S/C21H26FNO/c1-14-20(2,3)17-8-10-21(14,12-17)19(24)23-11-9-16(13-23)15-4-6-18(22)7-5-15/h4-7,16-17H,1,8-13H2,2-3H3/t16-,17-,21+/m0/s1. The molecule has 2 nitrogen and oxygen atoms in total. The van der Waals surface area contributed by atoms with Crippen LogP contribution >= 0.6 is 0 Å². The fraction of sp³-hybridized carbons (Fsp3) is 0.571. The van der Waals surface area contributed by atoms with Gasteiger partial charge in [-0.2, -0.15) is 0 Å². The summed E-state index contributed by atoms with van der Waals surface area (Å²) in [7, 11) is 0. The summed E-state index contributed by atoms with van der Waals surface area (Å²) in [5.41, 5.74) is 2.07. The molecule has 1 aromatic carbocycles. The van der Waals surface area contributed by atoms with E-state index in [4.69, 9.17) is 0 Å². The van der Waals surface area contributed by atoms with Gasteiger partial charge in [0.25, 0.3) is 0 Å². The van der Waals surface area contributed by atoms with E-state index in [9.17, 15) is 9.18 Å². The minimum absolute atomic E-state index is 0.0873. The number of fused-ring (bicyclic) bond motifs is 2. The number of carbonyl (C=O) groups is 1. The molecule has 1 heterocycles. The van der Waals surface area contributed by atoms with E-state index in [0.717, 1.165) is 49.9 Å². The van der Waals surface area contributed by atoms with Crippen LogP contribution in [0.5, 0.6) is 0 Å². The van der Waals surface area contributed by atoms with E-state index in [1.54, 1.807) is 0 Å². The number of benzene rings is 1. The molecular formula is C21H26FNO. The predicted molar refractivity (Wildman–Crippen MR) is 93.0 cm³/mol. The SMILES string of the molecule is C=C1C(C)(C)[C@H]2CC[C@@]1(C(=O)N1CC[C@H](c3ccc(F)cc3)C1)C2. The molecule has 3 heteroatoms. The predicted octanol–water partition coefficient (Wildman–Crippen LogP) is 4.52. The minimum atomic E-state index is -0.314. The van der Waals surface area contributed by atoms with E-state index >= 15 is 0 Å². The van der Waals surface area contributed by atoms with Crippen molar-refractivity contribution in [1.82, 2.24) is 4.90 Å². The normalized spacial score (nSPS) is 34.1. The highest BCUT2D eigenvalue weighted by Gasteiger charge is 2.61. The molecule has 2 bridgehead atoms. The summed E-state index contributed by atoms with van der Waals surface area (Å²) in [6.07, 6.45) is 4.06. The second-order valence-corrected chi connectivity index (χ2v) is 8.51. The molecule has 2 aliphatic carbocycles. The summed E-state index contributed by atoms with van der Waals surface area (Å²) < 4.78 is 13.1. The monoisotopic (exact) mass is 327 g/mol. The van der Waals surface area contributed by atoms with Gasteiger partial charge >= 0.3 is 0 Å². The molecule has 128 valence electrons. The molecule has 0 N–H and O–H groups in total. The number of rotatable bonds is 2. The Labute approximate surface area is 143 Å². The molecule has 3 aliphatic rings. The van der Waals surface area contributed by atoms with E-state index in [0.29, 0.717) is 17.7 Å². The van der Waals surface area contributed by atoms with Crippen molar-refractivity contribution in [3.05, 3.63) is 47.8 Å². The number of likely N-dealkylation sites (tertiary alicyclic amines) is 1. The van der Waals surface area contributed by atoms with Crippen molar-refractivity contribution in [3.8, 4) is 0 Å². The first-order chi connectivity index (χ1) is 11.3. The van der Waals surface area contributed by atoms with Crippen LogP contribution in [0.3, 0.4) is 0 Å². The van der Waals surface area contributed by atoms with Crippen molar-refractivity contribution in [3.63, 3.8) is 0 Å². The van der Waals surface area contributed by atoms with Crippen molar-refractivity contribution in [2.75, 3.05) is 13.1 Å². The van der Waals surface area contributed by atoms with Crippen molar-refractivity contribution in [2.45, 2.75) is 45.4 Å². The Hall–Kier alpha value is -1.64. The summed E-state index contributed by atoms with van der Waals surface area (Å²) in [4.78, 5) is 15.4. The lowest BCUT2D eigenvalue weighted by molar-refractivity contribution is -0.138. The molecule has 1 aromatic rings. The quantitative estimate of drug-likeness (QED) is 0.731. The Morgan fingerprint density at radius 1 is 1.25 bits per heavy atom. The number of carbonyl (C=O) groups excluding carboxylic acids is 1. The van der Waals surface area contributed by atoms with Gasteiger partial charge in [-0.25, -0.2) is 4.39 Å². The van der Waals surface area contributed by atoms with Gasteiger partial charge in [-0.3, -0.25) is 4.79 Å². The topological polar surface area (TPSA) is 20.3 Å². The molecule has 3 fully saturated rings. The lowest BCUT2D eigenvalue weighted by Gasteiger charge is -2.39. The zero-order valence-electron chi connectivity index (χ0n) is 14.6. The summed E-state index contributed by atoms with van der Waals surface area (Å²) in [5.74, 6) is 1.02. The van der Waals surface area contributed by atoms with Crippen LogP contribution in [0.4, 0.5) is 4.39 Å². The fourth-order valence-corrected chi connectivity index (χ4v) is 5.38. The highest BCUT2D eigenvalue weighted by atomic mass is 19.1. The van der Waals surface area contributed by atoms with Crippen LogP contribution in [0, 0.1) is 22.6 Å². The lowest BCUT2D eigenvalue weighted by atomic mass is 9.68. The highest BCUT2D eigenvalue weighted by Crippen LogP contribution is 2.66. The molecule has 1 saturated heterocycles. The molecule has 2 saturated carbocycles. The maximum absolute atomic E-state index is 13.4.